The first-order chi connectivity index (χ1) is 10.0. The molecule has 1 atom stereocenters. The van der Waals surface area contributed by atoms with Gasteiger partial charge in [-0.3, -0.25) is 9.59 Å². The third kappa shape index (κ3) is 6.22. The van der Waals surface area contributed by atoms with Crippen molar-refractivity contribution in [1.29, 1.82) is 0 Å². The highest BCUT2D eigenvalue weighted by Gasteiger charge is 2.18. The molecule has 7 heteroatoms. The Hall–Kier alpha value is -2.15. The molecular weight excluding hydrogens is 292 g/mol. The maximum Gasteiger partial charge on any atom is 0.326 e. The fraction of sp³-hybridized carbons (Fsp3) is 0.357. The van der Waals surface area contributed by atoms with Crippen molar-refractivity contribution < 1.29 is 19.5 Å². The Kier molecular flexibility index (Phi) is 7.17. The predicted octanol–water partition coefficient (Wildman–Crippen LogP) is 1.40. The smallest absolute Gasteiger partial charge is 0.326 e. The van der Waals surface area contributed by atoms with E-state index in [9.17, 15) is 14.4 Å². The van der Waals surface area contributed by atoms with Crippen molar-refractivity contribution in [3.8, 4) is 0 Å². The minimum atomic E-state index is -1.08. The quantitative estimate of drug-likeness (QED) is 0.633. The van der Waals surface area contributed by atoms with Crippen LogP contribution in [0.1, 0.15) is 30.1 Å². The van der Waals surface area contributed by atoms with E-state index in [2.05, 4.69) is 10.6 Å². The largest absolute Gasteiger partial charge is 0.480 e. The number of aliphatic carboxylic acids is 1. The van der Waals surface area contributed by atoms with Gasteiger partial charge in [0.15, 0.2) is 0 Å². The van der Waals surface area contributed by atoms with E-state index in [0.717, 1.165) is 0 Å². The van der Waals surface area contributed by atoms with Crippen LogP contribution in [0.25, 0.3) is 0 Å². The first kappa shape index (κ1) is 16.9. The molecule has 0 fully saturated rings. The van der Waals surface area contributed by atoms with Gasteiger partial charge in [-0.15, -0.1) is 0 Å². The van der Waals surface area contributed by atoms with Crippen molar-refractivity contribution in [3.05, 3.63) is 34.5 Å². The maximum atomic E-state index is 11.6. The summed E-state index contributed by atoms with van der Waals surface area (Å²) in [6.07, 6.45) is 3.68. The maximum absolute atomic E-state index is 11.6. The SMILES string of the molecule is C/C=C/CC(NC(=O)CCNC(=O)c1ccsc1)C(=O)O. The van der Waals surface area contributed by atoms with Gasteiger partial charge in [0.2, 0.25) is 5.91 Å². The number of rotatable bonds is 8. The second-order valence-electron chi connectivity index (χ2n) is 4.28. The summed E-state index contributed by atoms with van der Waals surface area (Å²) in [5.41, 5.74) is 0.553. The molecule has 1 rings (SSSR count). The summed E-state index contributed by atoms with van der Waals surface area (Å²) in [5, 5.41) is 17.5. The standard InChI is InChI=1S/C14H18N2O4S/c1-2-3-4-11(14(19)20)16-12(17)5-7-15-13(18)10-6-8-21-9-10/h2-3,6,8-9,11H,4-5,7H2,1H3,(H,15,18)(H,16,17)(H,19,20)/b3-2+. The second-order valence-corrected chi connectivity index (χ2v) is 5.06. The second kappa shape index (κ2) is 8.91. The number of carbonyl (C=O) groups is 3. The summed E-state index contributed by atoms with van der Waals surface area (Å²) < 4.78 is 0. The molecule has 1 unspecified atom stereocenters. The summed E-state index contributed by atoms with van der Waals surface area (Å²) in [4.78, 5) is 34.2. The van der Waals surface area contributed by atoms with Gasteiger partial charge in [0, 0.05) is 23.9 Å². The van der Waals surface area contributed by atoms with E-state index in [1.807, 2.05) is 0 Å². The average molecular weight is 310 g/mol. The summed E-state index contributed by atoms with van der Waals surface area (Å²) in [5.74, 6) is -1.73. The zero-order chi connectivity index (χ0) is 15.7. The number of hydrogen-bond donors (Lipinski definition) is 3. The van der Waals surface area contributed by atoms with Gasteiger partial charge in [0.25, 0.3) is 5.91 Å². The molecule has 1 heterocycles. The lowest BCUT2D eigenvalue weighted by atomic mass is 10.2. The Bertz CT molecular complexity index is 511. The highest BCUT2D eigenvalue weighted by molar-refractivity contribution is 7.08. The van der Waals surface area contributed by atoms with E-state index in [-0.39, 0.29) is 25.3 Å². The average Bonchev–Trinajstić information content (AvgIpc) is 2.97. The Labute approximate surface area is 126 Å². The highest BCUT2D eigenvalue weighted by Crippen LogP contribution is 2.05. The first-order valence-electron chi connectivity index (χ1n) is 6.48. The number of carboxylic acids is 1. The van der Waals surface area contributed by atoms with Crippen molar-refractivity contribution >= 4 is 29.1 Å². The number of thiophene rings is 1. The van der Waals surface area contributed by atoms with E-state index in [1.165, 1.54) is 11.3 Å². The first-order valence-corrected chi connectivity index (χ1v) is 7.42. The van der Waals surface area contributed by atoms with Crippen molar-refractivity contribution in [2.45, 2.75) is 25.8 Å². The fourth-order valence-corrected chi connectivity index (χ4v) is 2.18. The minimum absolute atomic E-state index is 0.0372. The van der Waals surface area contributed by atoms with Gasteiger partial charge in [-0.1, -0.05) is 12.2 Å². The molecule has 0 saturated heterocycles. The zero-order valence-electron chi connectivity index (χ0n) is 11.7. The van der Waals surface area contributed by atoms with Gasteiger partial charge >= 0.3 is 5.97 Å². The molecule has 21 heavy (non-hydrogen) atoms. The van der Waals surface area contributed by atoms with Crippen LogP contribution in [0.2, 0.25) is 0 Å². The molecule has 0 aromatic carbocycles. The molecule has 1 aromatic rings. The van der Waals surface area contributed by atoms with E-state index in [4.69, 9.17) is 5.11 Å². The Morgan fingerprint density at radius 2 is 2.19 bits per heavy atom. The molecule has 3 N–H and O–H groups in total. The van der Waals surface area contributed by atoms with Crippen LogP contribution < -0.4 is 10.6 Å². The molecule has 0 aliphatic heterocycles. The number of carbonyl (C=O) groups excluding carboxylic acids is 2. The van der Waals surface area contributed by atoms with Crippen LogP contribution in [-0.2, 0) is 9.59 Å². The molecule has 6 nitrogen and oxygen atoms in total. The number of carboxylic acid groups (broad SMARTS) is 1. The molecular formula is C14H18N2O4S. The number of amides is 2. The lowest BCUT2D eigenvalue weighted by Gasteiger charge is -2.12. The lowest BCUT2D eigenvalue weighted by Crippen LogP contribution is -2.41. The van der Waals surface area contributed by atoms with E-state index in [0.29, 0.717) is 5.56 Å². The molecule has 0 saturated carbocycles. The van der Waals surface area contributed by atoms with Crippen LogP contribution >= 0.6 is 11.3 Å². The van der Waals surface area contributed by atoms with E-state index >= 15 is 0 Å². The van der Waals surface area contributed by atoms with Gasteiger partial charge in [-0.2, -0.15) is 11.3 Å². The summed E-state index contributed by atoms with van der Waals surface area (Å²) in [6, 6.07) is 0.749. The van der Waals surface area contributed by atoms with Crippen LogP contribution in [0.15, 0.2) is 29.0 Å². The minimum Gasteiger partial charge on any atom is -0.480 e. The normalized spacial score (nSPS) is 12.0. The molecule has 0 radical (unpaired) electrons. The van der Waals surface area contributed by atoms with Gasteiger partial charge in [-0.25, -0.2) is 4.79 Å². The zero-order valence-corrected chi connectivity index (χ0v) is 12.5. The highest BCUT2D eigenvalue weighted by atomic mass is 32.1. The molecule has 2 amide bonds. The summed E-state index contributed by atoms with van der Waals surface area (Å²) in [7, 11) is 0. The third-order valence-corrected chi connectivity index (χ3v) is 3.35. The van der Waals surface area contributed by atoms with Gasteiger partial charge in [0.05, 0.1) is 0 Å². The topological polar surface area (TPSA) is 95.5 Å². The molecule has 0 aliphatic rings. The van der Waals surface area contributed by atoms with Crippen LogP contribution in [0.5, 0.6) is 0 Å². The lowest BCUT2D eigenvalue weighted by molar-refractivity contribution is -0.141. The van der Waals surface area contributed by atoms with Crippen molar-refractivity contribution in [2.24, 2.45) is 0 Å². The van der Waals surface area contributed by atoms with Crippen molar-refractivity contribution in [1.82, 2.24) is 10.6 Å². The third-order valence-electron chi connectivity index (χ3n) is 2.66. The number of allylic oxidation sites excluding steroid dienone is 1. The number of hydrogen-bond acceptors (Lipinski definition) is 4. The molecule has 0 spiro atoms. The Morgan fingerprint density at radius 3 is 2.76 bits per heavy atom. The summed E-state index contributed by atoms with van der Waals surface area (Å²) in [6.45, 7) is 1.94. The van der Waals surface area contributed by atoms with Gasteiger partial charge in [-0.05, 0) is 24.8 Å². The predicted molar refractivity (Wildman–Crippen MR) is 80.3 cm³/mol. The van der Waals surface area contributed by atoms with Gasteiger partial charge < -0.3 is 15.7 Å². The van der Waals surface area contributed by atoms with Crippen LogP contribution in [0.4, 0.5) is 0 Å². The Morgan fingerprint density at radius 1 is 1.43 bits per heavy atom. The van der Waals surface area contributed by atoms with Gasteiger partial charge in [0.1, 0.15) is 6.04 Å². The molecule has 1 aromatic heterocycles. The van der Waals surface area contributed by atoms with Crippen molar-refractivity contribution in [2.75, 3.05) is 6.54 Å². The molecule has 0 aliphatic carbocycles. The summed E-state index contributed by atoms with van der Waals surface area (Å²) >= 11 is 1.42. The Balaban J connectivity index is 2.32. The van der Waals surface area contributed by atoms with E-state index in [1.54, 1.807) is 35.9 Å². The van der Waals surface area contributed by atoms with Crippen LogP contribution in [0, 0.1) is 0 Å². The molecule has 0 bridgehead atoms. The fourth-order valence-electron chi connectivity index (χ4n) is 1.55. The van der Waals surface area contributed by atoms with Crippen LogP contribution in [0.3, 0.4) is 0 Å². The van der Waals surface area contributed by atoms with E-state index < -0.39 is 17.9 Å². The van der Waals surface area contributed by atoms with Crippen LogP contribution in [-0.4, -0.2) is 35.5 Å². The molecule has 114 valence electrons. The number of nitrogens with one attached hydrogen (secondary N) is 2. The van der Waals surface area contributed by atoms with Crippen molar-refractivity contribution in [3.63, 3.8) is 0 Å². The monoisotopic (exact) mass is 310 g/mol.